The van der Waals surface area contributed by atoms with E-state index in [0.717, 1.165) is 16.9 Å². The summed E-state index contributed by atoms with van der Waals surface area (Å²) in [6, 6.07) is 20.1. The SMILES string of the molecule is Cc1cccc(-n2cccc2/C=C(/C#N)c2cccc([N+](=O)[O-])c2)c1. The van der Waals surface area contributed by atoms with Crippen LogP contribution in [0.3, 0.4) is 0 Å². The van der Waals surface area contributed by atoms with E-state index >= 15 is 0 Å². The van der Waals surface area contributed by atoms with Gasteiger partial charge in [-0.3, -0.25) is 10.1 Å². The molecule has 0 radical (unpaired) electrons. The lowest BCUT2D eigenvalue weighted by Gasteiger charge is -2.08. The summed E-state index contributed by atoms with van der Waals surface area (Å²) < 4.78 is 1.97. The first-order valence-electron chi connectivity index (χ1n) is 7.69. The van der Waals surface area contributed by atoms with Crippen molar-refractivity contribution in [1.29, 1.82) is 5.26 Å². The van der Waals surface area contributed by atoms with E-state index in [-0.39, 0.29) is 5.69 Å². The Balaban J connectivity index is 2.05. The molecule has 1 aromatic heterocycles. The van der Waals surface area contributed by atoms with Crippen molar-refractivity contribution in [2.24, 2.45) is 0 Å². The quantitative estimate of drug-likeness (QED) is 0.393. The lowest BCUT2D eigenvalue weighted by molar-refractivity contribution is -0.384. The van der Waals surface area contributed by atoms with Gasteiger partial charge < -0.3 is 4.57 Å². The van der Waals surface area contributed by atoms with Crippen LogP contribution in [0.25, 0.3) is 17.3 Å². The van der Waals surface area contributed by atoms with E-state index in [1.54, 1.807) is 18.2 Å². The van der Waals surface area contributed by atoms with E-state index in [2.05, 4.69) is 12.1 Å². The smallest absolute Gasteiger partial charge is 0.270 e. The summed E-state index contributed by atoms with van der Waals surface area (Å²) >= 11 is 0. The molecule has 0 saturated heterocycles. The maximum Gasteiger partial charge on any atom is 0.270 e. The molecule has 122 valence electrons. The fraction of sp³-hybridized carbons (Fsp3) is 0.0500. The Labute approximate surface area is 145 Å². The van der Waals surface area contributed by atoms with Crippen molar-refractivity contribution in [1.82, 2.24) is 4.57 Å². The molecule has 3 aromatic rings. The summed E-state index contributed by atoms with van der Waals surface area (Å²) in [5.74, 6) is 0. The van der Waals surface area contributed by atoms with Crippen LogP contribution in [-0.4, -0.2) is 9.49 Å². The van der Waals surface area contributed by atoms with Gasteiger partial charge in [0, 0.05) is 29.7 Å². The second-order valence-electron chi connectivity index (χ2n) is 5.62. The zero-order valence-electron chi connectivity index (χ0n) is 13.6. The standard InChI is InChI=1S/C20H15N3O2/c1-15-5-2-7-18(11-15)22-10-4-9-19(22)13-17(14-21)16-6-3-8-20(12-16)23(24)25/h2-13H,1H3/b17-13-. The number of benzene rings is 2. The second kappa shape index (κ2) is 6.85. The van der Waals surface area contributed by atoms with Gasteiger partial charge in [-0.15, -0.1) is 0 Å². The van der Waals surface area contributed by atoms with E-state index in [1.165, 1.54) is 12.1 Å². The molecule has 1 heterocycles. The topological polar surface area (TPSA) is 71.9 Å². The molecule has 0 aliphatic rings. The van der Waals surface area contributed by atoms with E-state index in [1.807, 2.05) is 48.0 Å². The zero-order valence-corrected chi connectivity index (χ0v) is 13.6. The number of nitro benzene ring substituents is 1. The van der Waals surface area contributed by atoms with Crippen LogP contribution in [0.1, 0.15) is 16.8 Å². The molecule has 0 aliphatic heterocycles. The van der Waals surface area contributed by atoms with Crippen molar-refractivity contribution in [3.8, 4) is 11.8 Å². The average Bonchev–Trinajstić information content (AvgIpc) is 3.08. The van der Waals surface area contributed by atoms with Gasteiger partial charge in [-0.2, -0.15) is 5.26 Å². The minimum absolute atomic E-state index is 0.0345. The van der Waals surface area contributed by atoms with Gasteiger partial charge in [0.05, 0.1) is 16.6 Å². The van der Waals surface area contributed by atoms with Crippen LogP contribution in [-0.2, 0) is 0 Å². The van der Waals surface area contributed by atoms with E-state index in [9.17, 15) is 15.4 Å². The molecule has 0 aliphatic carbocycles. The number of non-ortho nitro benzene ring substituents is 1. The van der Waals surface area contributed by atoms with Crippen LogP contribution >= 0.6 is 0 Å². The molecule has 0 bridgehead atoms. The second-order valence-corrected chi connectivity index (χ2v) is 5.62. The molecule has 0 atom stereocenters. The maximum absolute atomic E-state index is 11.0. The minimum Gasteiger partial charge on any atom is -0.317 e. The van der Waals surface area contributed by atoms with Gasteiger partial charge in [0.2, 0.25) is 0 Å². The molecule has 0 spiro atoms. The molecular weight excluding hydrogens is 314 g/mol. The van der Waals surface area contributed by atoms with E-state index < -0.39 is 4.92 Å². The summed E-state index contributed by atoms with van der Waals surface area (Å²) in [5, 5.41) is 20.5. The normalized spacial score (nSPS) is 11.1. The third-order valence-electron chi connectivity index (χ3n) is 3.84. The monoisotopic (exact) mass is 329 g/mol. The predicted molar refractivity (Wildman–Crippen MR) is 97.1 cm³/mol. The summed E-state index contributed by atoms with van der Waals surface area (Å²) in [7, 11) is 0. The van der Waals surface area contributed by atoms with Crippen molar-refractivity contribution in [3.63, 3.8) is 0 Å². The molecular formula is C20H15N3O2. The third kappa shape index (κ3) is 3.48. The highest BCUT2D eigenvalue weighted by atomic mass is 16.6. The molecule has 0 N–H and O–H groups in total. The predicted octanol–water partition coefficient (Wildman–Crippen LogP) is 4.76. The number of nitriles is 1. The highest BCUT2D eigenvalue weighted by Crippen LogP contribution is 2.23. The van der Waals surface area contributed by atoms with Crippen LogP contribution in [0.2, 0.25) is 0 Å². The first-order chi connectivity index (χ1) is 12.1. The van der Waals surface area contributed by atoms with Crippen molar-refractivity contribution in [3.05, 3.63) is 93.8 Å². The van der Waals surface area contributed by atoms with Crippen molar-refractivity contribution >= 4 is 17.3 Å². The first-order valence-corrected chi connectivity index (χ1v) is 7.69. The Kier molecular flexibility index (Phi) is 4.44. The Bertz CT molecular complexity index is 1010. The lowest BCUT2D eigenvalue weighted by Crippen LogP contribution is -1.96. The highest BCUT2D eigenvalue weighted by molar-refractivity contribution is 5.89. The van der Waals surface area contributed by atoms with Gasteiger partial charge in [0.1, 0.15) is 0 Å². The molecule has 0 unspecified atom stereocenters. The number of aryl methyl sites for hydroxylation is 1. The molecule has 25 heavy (non-hydrogen) atoms. The Morgan fingerprint density at radius 1 is 1.16 bits per heavy atom. The third-order valence-corrected chi connectivity index (χ3v) is 3.84. The van der Waals surface area contributed by atoms with Crippen LogP contribution < -0.4 is 0 Å². The van der Waals surface area contributed by atoms with E-state index in [0.29, 0.717) is 11.1 Å². The molecule has 3 rings (SSSR count). The number of aromatic nitrogens is 1. The van der Waals surface area contributed by atoms with E-state index in [4.69, 9.17) is 0 Å². The molecule has 0 fully saturated rings. The number of allylic oxidation sites excluding steroid dienone is 1. The lowest BCUT2D eigenvalue weighted by atomic mass is 10.1. The van der Waals surface area contributed by atoms with Crippen molar-refractivity contribution < 1.29 is 4.92 Å². The largest absolute Gasteiger partial charge is 0.317 e. The van der Waals surface area contributed by atoms with Gasteiger partial charge in [-0.1, -0.05) is 24.3 Å². The summed E-state index contributed by atoms with van der Waals surface area (Å²) in [4.78, 5) is 10.5. The minimum atomic E-state index is -0.464. The van der Waals surface area contributed by atoms with Crippen LogP contribution in [0, 0.1) is 28.4 Å². The van der Waals surface area contributed by atoms with Gasteiger partial charge in [-0.25, -0.2) is 0 Å². The van der Waals surface area contributed by atoms with Crippen LogP contribution in [0.5, 0.6) is 0 Å². The van der Waals surface area contributed by atoms with Crippen molar-refractivity contribution in [2.45, 2.75) is 6.92 Å². The maximum atomic E-state index is 11.0. The zero-order chi connectivity index (χ0) is 17.8. The summed E-state index contributed by atoms with van der Waals surface area (Å²) in [5.41, 5.74) is 3.82. The molecule has 5 nitrogen and oxygen atoms in total. The number of rotatable bonds is 4. The van der Waals surface area contributed by atoms with Crippen molar-refractivity contribution in [2.75, 3.05) is 0 Å². The van der Waals surface area contributed by atoms with Gasteiger partial charge in [0.15, 0.2) is 0 Å². The van der Waals surface area contributed by atoms with Crippen LogP contribution in [0.4, 0.5) is 5.69 Å². The molecule has 5 heteroatoms. The number of nitrogens with zero attached hydrogens (tertiary/aromatic N) is 3. The van der Waals surface area contributed by atoms with Crippen LogP contribution in [0.15, 0.2) is 66.9 Å². The van der Waals surface area contributed by atoms with Gasteiger partial charge in [0.25, 0.3) is 5.69 Å². The number of nitro groups is 1. The summed E-state index contributed by atoms with van der Waals surface area (Å²) in [6.07, 6.45) is 3.66. The summed E-state index contributed by atoms with van der Waals surface area (Å²) in [6.45, 7) is 2.02. The molecule has 0 saturated carbocycles. The van der Waals surface area contributed by atoms with Gasteiger partial charge in [-0.05, 0) is 48.4 Å². The Hall–Kier alpha value is -3.65. The average molecular weight is 329 g/mol. The Morgan fingerprint density at radius 3 is 2.68 bits per heavy atom. The number of hydrogen-bond acceptors (Lipinski definition) is 3. The highest BCUT2D eigenvalue weighted by Gasteiger charge is 2.10. The fourth-order valence-electron chi connectivity index (χ4n) is 2.64. The van der Waals surface area contributed by atoms with Gasteiger partial charge >= 0.3 is 0 Å². The first kappa shape index (κ1) is 16.2. The molecule has 0 amide bonds. The Morgan fingerprint density at radius 2 is 1.96 bits per heavy atom. The number of hydrogen-bond donors (Lipinski definition) is 0. The molecule has 2 aromatic carbocycles. The fourth-order valence-corrected chi connectivity index (χ4v) is 2.64.